The third kappa shape index (κ3) is 1.66. The first kappa shape index (κ1) is 11.1. The van der Waals surface area contributed by atoms with Crippen LogP contribution in [0.2, 0.25) is 0 Å². The van der Waals surface area contributed by atoms with Crippen LogP contribution in [-0.2, 0) is 5.41 Å². The number of hydrogen-bond donors (Lipinski definition) is 1. The lowest BCUT2D eigenvalue weighted by atomic mass is 9.66. The fraction of sp³-hybridized carbons (Fsp3) is 0.600. The lowest BCUT2D eigenvalue weighted by Crippen LogP contribution is -2.43. The van der Waals surface area contributed by atoms with Crippen LogP contribution in [0.1, 0.15) is 37.7 Å². The Hall–Kier alpha value is -1.02. The molecule has 92 valence electrons. The van der Waals surface area contributed by atoms with E-state index in [4.69, 9.17) is 0 Å². The molecule has 1 aliphatic carbocycles. The van der Waals surface area contributed by atoms with Crippen LogP contribution in [0.5, 0.6) is 5.75 Å². The first-order valence-electron chi connectivity index (χ1n) is 6.72. The molecule has 1 saturated heterocycles. The maximum absolute atomic E-state index is 9.71. The molecule has 2 nitrogen and oxygen atoms in total. The van der Waals surface area contributed by atoms with Crippen molar-refractivity contribution in [3.63, 3.8) is 0 Å². The summed E-state index contributed by atoms with van der Waals surface area (Å²) in [4.78, 5) is 2.52. The van der Waals surface area contributed by atoms with Crippen LogP contribution < -0.4 is 0 Å². The fourth-order valence-electron chi connectivity index (χ4n) is 3.98. The molecule has 1 aromatic rings. The third-order valence-electron chi connectivity index (χ3n) is 4.85. The van der Waals surface area contributed by atoms with Crippen LogP contribution in [-0.4, -0.2) is 29.6 Å². The summed E-state index contributed by atoms with van der Waals surface area (Å²) in [6.45, 7) is 1.19. The van der Waals surface area contributed by atoms with Gasteiger partial charge in [-0.2, -0.15) is 0 Å². The molecule has 17 heavy (non-hydrogen) atoms. The molecule has 3 rings (SSSR count). The van der Waals surface area contributed by atoms with E-state index in [2.05, 4.69) is 18.0 Å². The van der Waals surface area contributed by atoms with Crippen LogP contribution in [0.15, 0.2) is 24.3 Å². The van der Waals surface area contributed by atoms with E-state index in [1.807, 2.05) is 12.1 Å². The molecule has 0 bridgehead atoms. The van der Waals surface area contributed by atoms with Gasteiger partial charge in [-0.1, -0.05) is 25.0 Å². The number of rotatable bonds is 1. The normalized spacial score (nSPS) is 33.6. The highest BCUT2D eigenvalue weighted by Crippen LogP contribution is 2.48. The third-order valence-corrected chi connectivity index (χ3v) is 4.85. The molecule has 2 atom stereocenters. The number of nitrogens with zero attached hydrogens (tertiary/aromatic N) is 1. The molecule has 1 saturated carbocycles. The zero-order chi connectivity index (χ0) is 11.9. The molecule has 2 fully saturated rings. The van der Waals surface area contributed by atoms with Gasteiger partial charge >= 0.3 is 0 Å². The minimum atomic E-state index is 0.311. The van der Waals surface area contributed by atoms with Gasteiger partial charge in [-0.25, -0.2) is 0 Å². The van der Waals surface area contributed by atoms with E-state index in [1.165, 1.54) is 44.2 Å². The lowest BCUT2D eigenvalue weighted by molar-refractivity contribution is 0.181. The molecule has 0 unspecified atom stereocenters. The first-order valence-corrected chi connectivity index (χ1v) is 6.72. The number of phenols is 1. The molecule has 1 aliphatic heterocycles. The standard InChI is InChI=1S/C15H21NO/c1-16-10-9-15(8-3-2-7-14(15)16)12-5-4-6-13(17)11-12/h4-6,11,14,17H,2-3,7-10H2,1H3/t14-,15+/m1/s1. The second-order valence-electron chi connectivity index (χ2n) is 5.70. The lowest BCUT2D eigenvalue weighted by Gasteiger charge is -2.41. The van der Waals surface area contributed by atoms with E-state index in [9.17, 15) is 5.11 Å². The second-order valence-corrected chi connectivity index (χ2v) is 5.70. The number of hydrogen-bond acceptors (Lipinski definition) is 2. The highest BCUT2D eigenvalue weighted by Gasteiger charge is 2.48. The Morgan fingerprint density at radius 2 is 2.18 bits per heavy atom. The molecule has 2 heteroatoms. The Bertz CT molecular complexity index is 413. The van der Waals surface area contributed by atoms with Crippen LogP contribution >= 0.6 is 0 Å². The van der Waals surface area contributed by atoms with Crippen molar-refractivity contribution < 1.29 is 5.11 Å². The summed E-state index contributed by atoms with van der Waals surface area (Å²) < 4.78 is 0. The summed E-state index contributed by atoms with van der Waals surface area (Å²) >= 11 is 0. The number of aromatic hydroxyl groups is 1. The van der Waals surface area contributed by atoms with Crippen LogP contribution in [0.4, 0.5) is 0 Å². The summed E-state index contributed by atoms with van der Waals surface area (Å²) in [7, 11) is 2.25. The highest BCUT2D eigenvalue weighted by atomic mass is 16.3. The molecule has 0 aromatic heterocycles. The van der Waals surface area contributed by atoms with Gasteiger partial charge in [0.25, 0.3) is 0 Å². The van der Waals surface area contributed by atoms with Gasteiger partial charge in [0.2, 0.25) is 0 Å². The van der Waals surface area contributed by atoms with E-state index >= 15 is 0 Å². The summed E-state index contributed by atoms with van der Waals surface area (Å²) in [5, 5.41) is 9.71. The molecule has 1 N–H and O–H groups in total. The molecular formula is C15H21NO. The van der Waals surface area contributed by atoms with Crippen molar-refractivity contribution in [2.75, 3.05) is 13.6 Å². The van der Waals surface area contributed by atoms with Crippen molar-refractivity contribution in [2.24, 2.45) is 0 Å². The zero-order valence-electron chi connectivity index (χ0n) is 10.5. The number of fused-ring (bicyclic) bond motifs is 1. The molecule has 2 aliphatic rings. The van der Waals surface area contributed by atoms with Crippen molar-refractivity contribution >= 4 is 0 Å². The molecule has 1 aromatic carbocycles. The minimum Gasteiger partial charge on any atom is -0.508 e. The Morgan fingerprint density at radius 1 is 1.29 bits per heavy atom. The number of benzene rings is 1. The Balaban J connectivity index is 2.03. The van der Waals surface area contributed by atoms with Gasteiger partial charge in [0.05, 0.1) is 0 Å². The smallest absolute Gasteiger partial charge is 0.115 e. The number of phenolic OH excluding ortho intramolecular Hbond substituents is 1. The van der Waals surface area contributed by atoms with Gasteiger partial charge in [0.1, 0.15) is 5.75 Å². The van der Waals surface area contributed by atoms with Crippen molar-refractivity contribution in [2.45, 2.75) is 43.6 Å². The van der Waals surface area contributed by atoms with E-state index in [1.54, 1.807) is 6.07 Å². The second kappa shape index (κ2) is 4.02. The monoisotopic (exact) mass is 231 g/mol. The van der Waals surface area contributed by atoms with E-state index < -0.39 is 0 Å². The fourth-order valence-corrected chi connectivity index (χ4v) is 3.98. The Morgan fingerprint density at radius 3 is 3.00 bits per heavy atom. The van der Waals surface area contributed by atoms with E-state index in [0.717, 1.165) is 0 Å². The predicted octanol–water partition coefficient (Wildman–Crippen LogP) is 2.91. The Kier molecular flexibility index (Phi) is 2.62. The largest absolute Gasteiger partial charge is 0.508 e. The first-order chi connectivity index (χ1) is 8.22. The van der Waals surface area contributed by atoms with Crippen molar-refractivity contribution in [3.05, 3.63) is 29.8 Å². The van der Waals surface area contributed by atoms with Crippen LogP contribution in [0, 0.1) is 0 Å². The van der Waals surface area contributed by atoms with E-state index in [0.29, 0.717) is 17.2 Å². The van der Waals surface area contributed by atoms with Gasteiger partial charge in [0.15, 0.2) is 0 Å². The van der Waals surface area contributed by atoms with Gasteiger partial charge in [-0.3, -0.25) is 0 Å². The average Bonchev–Trinajstić information content (AvgIpc) is 2.69. The molecular weight excluding hydrogens is 210 g/mol. The van der Waals surface area contributed by atoms with Gasteiger partial charge in [-0.15, -0.1) is 0 Å². The van der Waals surface area contributed by atoms with Gasteiger partial charge in [0, 0.05) is 11.5 Å². The summed E-state index contributed by atoms with van der Waals surface area (Å²) in [5.41, 5.74) is 1.66. The minimum absolute atomic E-state index is 0.311. The predicted molar refractivity (Wildman–Crippen MR) is 69.3 cm³/mol. The van der Waals surface area contributed by atoms with Crippen molar-refractivity contribution in [1.82, 2.24) is 4.90 Å². The molecule has 0 radical (unpaired) electrons. The molecule has 0 spiro atoms. The summed E-state index contributed by atoms with van der Waals surface area (Å²) in [6, 6.07) is 8.63. The Labute approximate surface area is 103 Å². The topological polar surface area (TPSA) is 23.5 Å². The average molecular weight is 231 g/mol. The highest BCUT2D eigenvalue weighted by molar-refractivity contribution is 5.36. The SMILES string of the molecule is CN1CC[C@]2(c3cccc(O)c3)CCCC[C@@H]12. The van der Waals surface area contributed by atoms with Crippen LogP contribution in [0.3, 0.4) is 0 Å². The van der Waals surface area contributed by atoms with E-state index in [-0.39, 0.29) is 0 Å². The molecule has 0 amide bonds. The van der Waals surface area contributed by atoms with Crippen molar-refractivity contribution in [1.29, 1.82) is 0 Å². The van der Waals surface area contributed by atoms with Gasteiger partial charge in [-0.05, 0) is 50.6 Å². The van der Waals surface area contributed by atoms with Crippen LogP contribution in [0.25, 0.3) is 0 Å². The maximum Gasteiger partial charge on any atom is 0.115 e. The van der Waals surface area contributed by atoms with Gasteiger partial charge < -0.3 is 10.0 Å². The van der Waals surface area contributed by atoms with Crippen molar-refractivity contribution in [3.8, 4) is 5.75 Å². The summed E-state index contributed by atoms with van der Waals surface area (Å²) in [5.74, 6) is 0.413. The number of likely N-dealkylation sites (N-methyl/N-ethyl adjacent to an activating group) is 1. The maximum atomic E-state index is 9.71. The number of likely N-dealkylation sites (tertiary alicyclic amines) is 1. The quantitative estimate of drug-likeness (QED) is 0.803. The summed E-state index contributed by atoms with van der Waals surface area (Å²) in [6.07, 6.45) is 6.53. The zero-order valence-corrected chi connectivity index (χ0v) is 10.5. The molecule has 1 heterocycles.